The Morgan fingerprint density at radius 3 is 1.07 bits per heavy atom. The van der Waals surface area contributed by atoms with Gasteiger partial charge in [0.25, 0.3) is 0 Å². The highest BCUT2D eigenvalue weighted by molar-refractivity contribution is 6.37. The van der Waals surface area contributed by atoms with Crippen molar-refractivity contribution < 1.29 is 14.0 Å². The van der Waals surface area contributed by atoms with Crippen molar-refractivity contribution in [3.8, 4) is 0 Å². The fourth-order valence-electron chi connectivity index (χ4n) is 3.59. The molecule has 0 saturated carbocycles. The number of rotatable bonds is 6. The highest BCUT2D eigenvalue weighted by Gasteiger charge is 2.46. The summed E-state index contributed by atoms with van der Waals surface area (Å²) < 4.78 is 19.6. The van der Waals surface area contributed by atoms with Crippen LogP contribution in [0.1, 0.15) is 41.5 Å². The smallest absolute Gasteiger partial charge is 0.376 e. The summed E-state index contributed by atoms with van der Waals surface area (Å²) in [7, 11) is -0.809. The molecule has 3 nitrogen and oxygen atoms in total. The fourth-order valence-corrected chi connectivity index (χ4v) is 3.59. The van der Waals surface area contributed by atoms with Crippen molar-refractivity contribution in [2.45, 2.75) is 58.3 Å². The number of allylic oxidation sites excluding steroid dienone is 6. The van der Waals surface area contributed by atoms with E-state index in [0.29, 0.717) is 0 Å². The van der Waals surface area contributed by atoms with Gasteiger partial charge in [-0.05, 0) is 20.8 Å². The SMILES string of the molecule is CC1C=CC=CC1(C)OB(OC1(C)C=CC=CC1C)OC1(C)C=CC=CC1C. The first-order valence-electron chi connectivity index (χ1n) is 10.3. The van der Waals surface area contributed by atoms with Crippen molar-refractivity contribution in [2.75, 3.05) is 0 Å². The Kier molecular flexibility index (Phi) is 6.04. The van der Waals surface area contributed by atoms with Gasteiger partial charge < -0.3 is 14.0 Å². The minimum Gasteiger partial charge on any atom is -0.376 e. The number of hydrogen-bond donors (Lipinski definition) is 0. The molecule has 0 aromatic heterocycles. The molecule has 3 aliphatic rings. The molecule has 0 N–H and O–H groups in total. The molecule has 0 aromatic carbocycles. The predicted octanol–water partition coefficient (Wildman–Crippen LogP) is 5.58. The Morgan fingerprint density at radius 2 is 0.821 bits per heavy atom. The molecule has 28 heavy (non-hydrogen) atoms. The Hall–Kier alpha value is -1.62. The normalized spacial score (nSPS) is 41.6. The van der Waals surface area contributed by atoms with Crippen molar-refractivity contribution in [1.29, 1.82) is 0 Å². The van der Waals surface area contributed by atoms with Gasteiger partial charge in [0.1, 0.15) is 0 Å². The Morgan fingerprint density at radius 1 is 0.536 bits per heavy atom. The molecule has 0 bridgehead atoms. The highest BCUT2D eigenvalue weighted by atomic mass is 16.8. The topological polar surface area (TPSA) is 27.7 Å². The zero-order valence-corrected chi connectivity index (χ0v) is 18.0. The second kappa shape index (κ2) is 8.02. The quantitative estimate of drug-likeness (QED) is 0.563. The summed E-state index contributed by atoms with van der Waals surface area (Å²) in [4.78, 5) is 0. The van der Waals surface area contributed by atoms with Crippen molar-refractivity contribution in [3.05, 3.63) is 72.9 Å². The van der Waals surface area contributed by atoms with Gasteiger partial charge in [0.05, 0.1) is 16.8 Å². The Labute approximate surface area is 170 Å². The van der Waals surface area contributed by atoms with Crippen molar-refractivity contribution in [1.82, 2.24) is 0 Å². The first-order valence-corrected chi connectivity index (χ1v) is 10.3. The standard InChI is InChI=1S/C24H33BO3/c1-19-13-7-10-16-22(19,4)26-25(27-23(5)17-11-8-14-20(23)2)28-24(6)18-12-9-15-21(24)3/h7-21H,1-6H3. The molecular weight excluding hydrogens is 347 g/mol. The van der Waals surface area contributed by atoms with Crippen LogP contribution in [0.4, 0.5) is 0 Å². The minimum absolute atomic E-state index is 0.214. The summed E-state index contributed by atoms with van der Waals surface area (Å²) in [6, 6.07) is 0. The maximum Gasteiger partial charge on any atom is 0.641 e. The van der Waals surface area contributed by atoms with E-state index < -0.39 is 24.1 Å². The van der Waals surface area contributed by atoms with Crippen molar-refractivity contribution in [2.24, 2.45) is 17.8 Å². The molecule has 0 spiro atoms. The predicted molar refractivity (Wildman–Crippen MR) is 117 cm³/mol. The van der Waals surface area contributed by atoms with Crippen LogP contribution in [0.25, 0.3) is 0 Å². The van der Waals surface area contributed by atoms with Crippen LogP contribution >= 0.6 is 0 Å². The number of hydrogen-bond acceptors (Lipinski definition) is 3. The average molecular weight is 380 g/mol. The van der Waals surface area contributed by atoms with Crippen molar-refractivity contribution in [3.63, 3.8) is 0 Å². The lowest BCUT2D eigenvalue weighted by Crippen LogP contribution is -2.52. The van der Waals surface area contributed by atoms with Crippen LogP contribution in [-0.2, 0) is 14.0 Å². The third-order valence-corrected chi connectivity index (χ3v) is 6.58. The van der Waals surface area contributed by atoms with Gasteiger partial charge in [0.15, 0.2) is 0 Å². The van der Waals surface area contributed by atoms with E-state index in [0.717, 1.165) is 0 Å². The van der Waals surface area contributed by atoms with Crippen LogP contribution in [0.2, 0.25) is 0 Å². The van der Waals surface area contributed by atoms with Crippen LogP contribution < -0.4 is 0 Å². The maximum absolute atomic E-state index is 6.53. The Bertz CT molecular complexity index is 649. The molecule has 4 heteroatoms. The summed E-state index contributed by atoms with van der Waals surface area (Å²) in [5.41, 5.74) is -1.50. The van der Waals surface area contributed by atoms with Gasteiger partial charge in [-0.25, -0.2) is 0 Å². The molecular formula is C24H33BO3. The third kappa shape index (κ3) is 4.35. The van der Waals surface area contributed by atoms with Crippen LogP contribution in [-0.4, -0.2) is 24.1 Å². The second-order valence-corrected chi connectivity index (χ2v) is 8.79. The highest BCUT2D eigenvalue weighted by Crippen LogP contribution is 2.36. The first-order chi connectivity index (χ1) is 13.2. The van der Waals surface area contributed by atoms with Crippen LogP contribution in [0.5, 0.6) is 0 Å². The van der Waals surface area contributed by atoms with E-state index in [9.17, 15) is 0 Å². The van der Waals surface area contributed by atoms with Crippen LogP contribution in [0, 0.1) is 17.8 Å². The van der Waals surface area contributed by atoms with Crippen LogP contribution in [0.3, 0.4) is 0 Å². The molecule has 0 saturated heterocycles. The van der Waals surface area contributed by atoms with Crippen molar-refractivity contribution >= 4 is 7.32 Å². The van der Waals surface area contributed by atoms with Gasteiger partial charge in [0.2, 0.25) is 0 Å². The Balaban J connectivity index is 1.86. The minimum atomic E-state index is -0.809. The molecule has 3 aliphatic carbocycles. The maximum atomic E-state index is 6.53. The summed E-state index contributed by atoms with van der Waals surface area (Å²) in [6.45, 7) is 12.7. The summed E-state index contributed by atoms with van der Waals surface area (Å²) in [5.74, 6) is 0.642. The first kappa shape index (κ1) is 21.1. The summed E-state index contributed by atoms with van der Waals surface area (Å²) >= 11 is 0. The summed E-state index contributed by atoms with van der Waals surface area (Å²) in [5, 5.41) is 0. The molecule has 0 radical (unpaired) electrons. The van der Waals surface area contributed by atoms with E-state index >= 15 is 0 Å². The zero-order valence-electron chi connectivity index (χ0n) is 18.0. The van der Waals surface area contributed by atoms with E-state index in [1.54, 1.807) is 0 Å². The van der Waals surface area contributed by atoms with Gasteiger partial charge in [0, 0.05) is 17.8 Å². The molecule has 0 aliphatic heterocycles. The second-order valence-electron chi connectivity index (χ2n) is 8.79. The molecule has 0 aromatic rings. The van der Waals surface area contributed by atoms with E-state index in [-0.39, 0.29) is 17.8 Å². The lowest BCUT2D eigenvalue weighted by molar-refractivity contribution is -0.0668. The third-order valence-electron chi connectivity index (χ3n) is 6.58. The molecule has 3 rings (SSSR count). The van der Waals surface area contributed by atoms with Gasteiger partial charge in [-0.15, -0.1) is 0 Å². The molecule has 6 atom stereocenters. The van der Waals surface area contributed by atoms with E-state index in [2.05, 4.69) is 96.2 Å². The lowest BCUT2D eigenvalue weighted by Gasteiger charge is -2.43. The zero-order chi connectivity index (χ0) is 20.4. The molecule has 0 fully saturated rings. The van der Waals surface area contributed by atoms with E-state index in [1.807, 2.05) is 18.2 Å². The molecule has 0 amide bonds. The summed E-state index contributed by atoms with van der Waals surface area (Å²) in [6.07, 6.45) is 25.0. The fraction of sp³-hybridized carbons (Fsp3) is 0.500. The van der Waals surface area contributed by atoms with E-state index in [4.69, 9.17) is 14.0 Å². The van der Waals surface area contributed by atoms with Gasteiger partial charge in [-0.2, -0.15) is 0 Å². The van der Waals surface area contributed by atoms with Gasteiger partial charge >= 0.3 is 7.32 Å². The molecule has 0 heterocycles. The lowest BCUT2D eigenvalue weighted by atomic mass is 9.82. The largest absolute Gasteiger partial charge is 0.641 e. The van der Waals surface area contributed by atoms with E-state index in [1.165, 1.54) is 0 Å². The molecule has 6 unspecified atom stereocenters. The monoisotopic (exact) mass is 380 g/mol. The van der Waals surface area contributed by atoms with Crippen LogP contribution in [0.15, 0.2) is 72.9 Å². The molecule has 150 valence electrons. The van der Waals surface area contributed by atoms with Gasteiger partial charge in [-0.1, -0.05) is 93.7 Å². The average Bonchev–Trinajstić information content (AvgIpc) is 2.63. The van der Waals surface area contributed by atoms with Gasteiger partial charge in [-0.3, -0.25) is 0 Å².